The third-order valence-electron chi connectivity index (χ3n) is 2.67. The number of hydrogen-bond donors (Lipinski definition) is 0. The molecule has 1 aromatic carbocycles. The molecule has 0 amide bonds. The van der Waals surface area contributed by atoms with E-state index >= 15 is 0 Å². The van der Waals surface area contributed by atoms with E-state index in [4.69, 9.17) is 0 Å². The lowest BCUT2D eigenvalue weighted by Gasteiger charge is -2.24. The SMILES string of the molecule is C(=CN1CCCCC1)c1ccccc1. The second-order valence-electron chi connectivity index (χ2n) is 3.82. The van der Waals surface area contributed by atoms with E-state index in [0.717, 1.165) is 0 Å². The largest absolute Gasteiger partial charge is 0.377 e. The smallest absolute Gasteiger partial charge is 0.0172 e. The van der Waals surface area contributed by atoms with Gasteiger partial charge in [0, 0.05) is 13.1 Å². The molecule has 1 aliphatic heterocycles. The second kappa shape index (κ2) is 4.85. The van der Waals surface area contributed by atoms with E-state index in [1.165, 1.54) is 37.9 Å². The Hall–Kier alpha value is -1.24. The van der Waals surface area contributed by atoms with Crippen LogP contribution in [0.15, 0.2) is 36.5 Å². The highest BCUT2D eigenvalue weighted by atomic mass is 15.1. The van der Waals surface area contributed by atoms with Crippen LogP contribution < -0.4 is 0 Å². The predicted molar refractivity (Wildman–Crippen MR) is 60.9 cm³/mol. The molecule has 74 valence electrons. The Morgan fingerprint density at radius 2 is 1.64 bits per heavy atom. The van der Waals surface area contributed by atoms with Gasteiger partial charge < -0.3 is 4.90 Å². The third-order valence-corrected chi connectivity index (χ3v) is 2.67. The summed E-state index contributed by atoms with van der Waals surface area (Å²) in [6.45, 7) is 2.45. The van der Waals surface area contributed by atoms with Gasteiger partial charge in [0.1, 0.15) is 0 Å². The molecule has 1 fully saturated rings. The van der Waals surface area contributed by atoms with E-state index in [1.807, 2.05) is 0 Å². The summed E-state index contributed by atoms with van der Waals surface area (Å²) in [4.78, 5) is 2.41. The van der Waals surface area contributed by atoms with Gasteiger partial charge in [-0.2, -0.15) is 0 Å². The van der Waals surface area contributed by atoms with Crippen molar-refractivity contribution in [1.82, 2.24) is 4.90 Å². The Bertz CT molecular complexity index is 283. The highest BCUT2D eigenvalue weighted by Crippen LogP contribution is 2.10. The molecule has 14 heavy (non-hydrogen) atoms. The van der Waals surface area contributed by atoms with Crippen molar-refractivity contribution in [3.8, 4) is 0 Å². The monoisotopic (exact) mass is 187 g/mol. The van der Waals surface area contributed by atoms with Gasteiger partial charge in [0.15, 0.2) is 0 Å². The van der Waals surface area contributed by atoms with E-state index in [2.05, 4.69) is 47.5 Å². The number of piperidine rings is 1. The highest BCUT2D eigenvalue weighted by molar-refractivity contribution is 5.48. The van der Waals surface area contributed by atoms with Gasteiger partial charge in [-0.1, -0.05) is 30.3 Å². The van der Waals surface area contributed by atoms with Crippen molar-refractivity contribution in [2.75, 3.05) is 13.1 Å². The lowest BCUT2D eigenvalue weighted by atomic mass is 10.1. The number of benzene rings is 1. The molecule has 0 bridgehead atoms. The number of hydrogen-bond acceptors (Lipinski definition) is 1. The quantitative estimate of drug-likeness (QED) is 0.687. The van der Waals surface area contributed by atoms with E-state index in [9.17, 15) is 0 Å². The Balaban J connectivity index is 1.93. The minimum Gasteiger partial charge on any atom is -0.377 e. The molecule has 0 radical (unpaired) electrons. The number of nitrogens with zero attached hydrogens (tertiary/aromatic N) is 1. The standard InChI is InChI=1S/C13H17N/c1-3-7-13(8-4-1)9-12-14-10-5-2-6-11-14/h1,3-4,7-9,12H,2,5-6,10-11H2. The molecular weight excluding hydrogens is 170 g/mol. The maximum Gasteiger partial charge on any atom is 0.0172 e. The van der Waals surface area contributed by atoms with Crippen molar-refractivity contribution in [2.24, 2.45) is 0 Å². The summed E-state index contributed by atoms with van der Waals surface area (Å²) in [5.41, 5.74) is 1.29. The van der Waals surface area contributed by atoms with Gasteiger partial charge in [-0.05, 0) is 37.1 Å². The zero-order valence-corrected chi connectivity index (χ0v) is 8.52. The van der Waals surface area contributed by atoms with E-state index in [0.29, 0.717) is 0 Å². The Morgan fingerprint density at radius 3 is 2.36 bits per heavy atom. The van der Waals surface area contributed by atoms with Crippen LogP contribution in [0.25, 0.3) is 6.08 Å². The first-order valence-corrected chi connectivity index (χ1v) is 5.42. The fourth-order valence-corrected chi connectivity index (χ4v) is 1.82. The minimum atomic E-state index is 1.23. The lowest BCUT2D eigenvalue weighted by molar-refractivity contribution is 0.311. The summed E-state index contributed by atoms with van der Waals surface area (Å²) in [7, 11) is 0. The molecule has 1 heterocycles. The highest BCUT2D eigenvalue weighted by Gasteiger charge is 2.04. The lowest BCUT2D eigenvalue weighted by Crippen LogP contribution is -2.23. The van der Waals surface area contributed by atoms with Crippen molar-refractivity contribution in [2.45, 2.75) is 19.3 Å². The first-order chi connectivity index (χ1) is 6.95. The van der Waals surface area contributed by atoms with E-state index in [-0.39, 0.29) is 0 Å². The van der Waals surface area contributed by atoms with Crippen molar-refractivity contribution in [3.05, 3.63) is 42.1 Å². The normalized spacial score (nSPS) is 17.6. The van der Waals surface area contributed by atoms with Crippen molar-refractivity contribution < 1.29 is 0 Å². The summed E-state index contributed by atoms with van der Waals surface area (Å²) >= 11 is 0. The molecule has 1 aliphatic rings. The van der Waals surface area contributed by atoms with Crippen LogP contribution in [0.1, 0.15) is 24.8 Å². The predicted octanol–water partition coefficient (Wildman–Crippen LogP) is 3.14. The molecule has 0 N–H and O–H groups in total. The summed E-state index contributed by atoms with van der Waals surface area (Å²) in [6.07, 6.45) is 8.52. The number of rotatable bonds is 2. The fourth-order valence-electron chi connectivity index (χ4n) is 1.82. The van der Waals surface area contributed by atoms with Gasteiger partial charge in [-0.15, -0.1) is 0 Å². The van der Waals surface area contributed by atoms with Crippen LogP contribution in [0, 0.1) is 0 Å². The molecule has 1 saturated heterocycles. The molecule has 2 rings (SSSR count). The van der Waals surface area contributed by atoms with Crippen LogP contribution in [-0.4, -0.2) is 18.0 Å². The summed E-state index contributed by atoms with van der Waals surface area (Å²) in [6, 6.07) is 10.5. The zero-order valence-electron chi connectivity index (χ0n) is 8.52. The van der Waals surface area contributed by atoms with E-state index in [1.54, 1.807) is 0 Å². The van der Waals surface area contributed by atoms with Gasteiger partial charge in [-0.3, -0.25) is 0 Å². The topological polar surface area (TPSA) is 3.24 Å². The first-order valence-electron chi connectivity index (χ1n) is 5.42. The van der Waals surface area contributed by atoms with Crippen molar-refractivity contribution in [1.29, 1.82) is 0 Å². The fraction of sp³-hybridized carbons (Fsp3) is 0.385. The van der Waals surface area contributed by atoms with Crippen LogP contribution >= 0.6 is 0 Å². The Kier molecular flexibility index (Phi) is 3.23. The van der Waals surface area contributed by atoms with Crippen LogP contribution in [0.2, 0.25) is 0 Å². The molecule has 1 heteroatoms. The molecular formula is C13H17N. The molecule has 0 saturated carbocycles. The Labute approximate surface area is 86.1 Å². The average Bonchev–Trinajstić information content (AvgIpc) is 2.29. The number of likely N-dealkylation sites (tertiary alicyclic amines) is 1. The van der Waals surface area contributed by atoms with Gasteiger partial charge in [-0.25, -0.2) is 0 Å². The van der Waals surface area contributed by atoms with Gasteiger partial charge in [0.2, 0.25) is 0 Å². The summed E-state index contributed by atoms with van der Waals surface area (Å²) in [5.74, 6) is 0. The maximum absolute atomic E-state index is 2.41. The third kappa shape index (κ3) is 2.63. The van der Waals surface area contributed by atoms with Gasteiger partial charge >= 0.3 is 0 Å². The molecule has 1 aromatic rings. The first kappa shape index (κ1) is 9.32. The summed E-state index contributed by atoms with van der Waals surface area (Å²) < 4.78 is 0. The zero-order chi connectivity index (χ0) is 9.64. The molecule has 1 nitrogen and oxygen atoms in total. The van der Waals surface area contributed by atoms with Crippen LogP contribution in [0.3, 0.4) is 0 Å². The van der Waals surface area contributed by atoms with Gasteiger partial charge in [0.25, 0.3) is 0 Å². The maximum atomic E-state index is 2.41. The van der Waals surface area contributed by atoms with Crippen LogP contribution in [-0.2, 0) is 0 Å². The summed E-state index contributed by atoms with van der Waals surface area (Å²) in [5, 5.41) is 0. The second-order valence-corrected chi connectivity index (χ2v) is 3.82. The molecule has 0 unspecified atom stereocenters. The van der Waals surface area contributed by atoms with Crippen molar-refractivity contribution >= 4 is 6.08 Å². The Morgan fingerprint density at radius 1 is 0.929 bits per heavy atom. The molecule has 0 aliphatic carbocycles. The van der Waals surface area contributed by atoms with Crippen LogP contribution in [0.5, 0.6) is 0 Å². The average molecular weight is 187 g/mol. The van der Waals surface area contributed by atoms with E-state index < -0.39 is 0 Å². The van der Waals surface area contributed by atoms with Crippen LogP contribution in [0.4, 0.5) is 0 Å². The van der Waals surface area contributed by atoms with Gasteiger partial charge in [0.05, 0.1) is 0 Å². The molecule has 0 spiro atoms. The molecule has 0 atom stereocenters. The minimum absolute atomic E-state index is 1.23. The molecule has 0 aromatic heterocycles. The van der Waals surface area contributed by atoms with Crippen molar-refractivity contribution in [3.63, 3.8) is 0 Å².